The maximum absolute atomic E-state index is 15.1. The van der Waals surface area contributed by atoms with E-state index in [9.17, 15) is 13.2 Å². The molecule has 0 amide bonds. The lowest BCUT2D eigenvalue weighted by molar-refractivity contribution is 0.103. The molecular weight excluding hydrogens is 451 g/mol. The van der Waals surface area contributed by atoms with Gasteiger partial charge in [-0.3, -0.25) is 9.52 Å². The Bertz CT molecular complexity index is 1450. The molecule has 0 atom stereocenters. The summed E-state index contributed by atoms with van der Waals surface area (Å²) in [5, 5.41) is 8.46. The molecule has 0 bridgehead atoms. The molecule has 0 aliphatic rings. The summed E-state index contributed by atoms with van der Waals surface area (Å²) >= 11 is 0. The maximum atomic E-state index is 15.1. The average Bonchev–Trinajstić information content (AvgIpc) is 3.23. The van der Waals surface area contributed by atoms with Gasteiger partial charge in [0.2, 0.25) is 5.88 Å². The molecule has 0 fully saturated rings. The zero-order chi connectivity index (χ0) is 23.8. The Morgan fingerprint density at radius 3 is 2.61 bits per heavy atom. The third-order valence-electron chi connectivity index (χ3n) is 4.88. The number of pyridine rings is 1. The van der Waals surface area contributed by atoms with E-state index >= 15 is 4.39 Å². The topological polar surface area (TPSA) is 130 Å². The van der Waals surface area contributed by atoms with Crippen LogP contribution in [-0.4, -0.2) is 59.9 Å². The minimum absolute atomic E-state index is 0.173. The van der Waals surface area contributed by atoms with E-state index in [1.54, 1.807) is 24.4 Å². The fourth-order valence-electron chi connectivity index (χ4n) is 3.08. The zero-order valence-electron chi connectivity index (χ0n) is 17.8. The van der Waals surface area contributed by atoms with Crippen LogP contribution in [0.3, 0.4) is 0 Å². The molecule has 12 heteroatoms. The third-order valence-corrected chi connectivity index (χ3v) is 6.32. The van der Waals surface area contributed by atoms with Crippen LogP contribution in [-0.2, 0) is 10.2 Å². The Morgan fingerprint density at radius 2 is 1.94 bits per heavy atom. The quantitative estimate of drug-likeness (QED) is 0.397. The first-order valence-corrected chi connectivity index (χ1v) is 11.0. The normalized spacial score (nSPS) is 11.7. The molecule has 0 spiro atoms. The molecule has 170 valence electrons. The third kappa shape index (κ3) is 4.25. The van der Waals surface area contributed by atoms with Crippen LogP contribution in [0.5, 0.6) is 5.88 Å². The van der Waals surface area contributed by atoms with Crippen molar-refractivity contribution in [3.05, 3.63) is 65.7 Å². The highest BCUT2D eigenvalue weighted by Gasteiger charge is 2.23. The van der Waals surface area contributed by atoms with Crippen LogP contribution in [0.1, 0.15) is 15.9 Å². The molecular formula is C21H19FN6O4S. The minimum Gasteiger partial charge on any atom is -0.480 e. The number of rotatable bonds is 7. The molecule has 0 unspecified atom stereocenters. The van der Waals surface area contributed by atoms with Crippen molar-refractivity contribution in [2.75, 3.05) is 25.9 Å². The second-order valence-corrected chi connectivity index (χ2v) is 9.05. The van der Waals surface area contributed by atoms with Crippen molar-refractivity contribution in [3.63, 3.8) is 0 Å². The smallest absolute Gasteiger partial charge is 0.301 e. The average molecular weight is 470 g/mol. The van der Waals surface area contributed by atoms with Crippen molar-refractivity contribution in [2.45, 2.75) is 0 Å². The van der Waals surface area contributed by atoms with Crippen LogP contribution in [0.25, 0.3) is 22.3 Å². The van der Waals surface area contributed by atoms with Crippen molar-refractivity contribution in [3.8, 4) is 17.1 Å². The number of ketones is 1. The van der Waals surface area contributed by atoms with Crippen molar-refractivity contribution in [1.82, 2.24) is 24.5 Å². The van der Waals surface area contributed by atoms with Gasteiger partial charge in [0.1, 0.15) is 5.65 Å². The fourth-order valence-corrected chi connectivity index (χ4v) is 3.69. The van der Waals surface area contributed by atoms with Gasteiger partial charge in [-0.2, -0.15) is 12.7 Å². The number of aromatic amines is 1. The number of carbonyl (C=O) groups excluding carboxylic acids is 1. The van der Waals surface area contributed by atoms with E-state index in [2.05, 4.69) is 24.9 Å². The summed E-state index contributed by atoms with van der Waals surface area (Å²) in [4.78, 5) is 20.4. The van der Waals surface area contributed by atoms with E-state index in [1.807, 2.05) is 0 Å². The molecule has 0 aliphatic carbocycles. The fraction of sp³-hybridized carbons (Fsp3) is 0.143. The molecule has 3 heterocycles. The van der Waals surface area contributed by atoms with E-state index < -0.39 is 21.8 Å². The van der Waals surface area contributed by atoms with Crippen LogP contribution in [0.4, 0.5) is 10.1 Å². The van der Waals surface area contributed by atoms with E-state index in [4.69, 9.17) is 4.74 Å². The largest absolute Gasteiger partial charge is 0.480 e. The zero-order valence-corrected chi connectivity index (χ0v) is 18.6. The molecule has 0 saturated carbocycles. The maximum Gasteiger partial charge on any atom is 0.301 e. The van der Waals surface area contributed by atoms with Crippen LogP contribution in [0.2, 0.25) is 0 Å². The number of H-pyrrole nitrogens is 1. The molecule has 1 aromatic carbocycles. The van der Waals surface area contributed by atoms with Gasteiger partial charge < -0.3 is 9.72 Å². The molecule has 4 rings (SSSR count). The number of aromatic nitrogens is 4. The Labute approximate surface area is 188 Å². The lowest BCUT2D eigenvalue weighted by atomic mass is 10.0. The monoisotopic (exact) mass is 470 g/mol. The summed E-state index contributed by atoms with van der Waals surface area (Å²) in [6.45, 7) is 0. The summed E-state index contributed by atoms with van der Waals surface area (Å²) in [7, 11) is 0.138. The van der Waals surface area contributed by atoms with Gasteiger partial charge in [0.25, 0.3) is 0 Å². The number of hydrogen-bond donors (Lipinski definition) is 2. The molecule has 3 aromatic heterocycles. The van der Waals surface area contributed by atoms with Crippen LogP contribution >= 0.6 is 0 Å². The lowest BCUT2D eigenvalue weighted by Crippen LogP contribution is -2.29. The van der Waals surface area contributed by atoms with Crippen molar-refractivity contribution >= 4 is 32.7 Å². The molecule has 10 nitrogen and oxygen atoms in total. The second-order valence-electron chi connectivity index (χ2n) is 7.17. The molecule has 0 saturated heterocycles. The number of hydrogen-bond acceptors (Lipinski definition) is 7. The van der Waals surface area contributed by atoms with Crippen molar-refractivity contribution < 1.29 is 22.3 Å². The highest BCUT2D eigenvalue weighted by molar-refractivity contribution is 7.90. The number of fused-ring (bicyclic) bond motifs is 1. The number of ether oxygens (including phenoxy) is 1. The SMILES string of the molecule is COc1ccc(-c2cnc3[nH]cc(C(=O)c4cccc(NS(=O)(=O)N(C)C)c4F)c3c2)nn1. The van der Waals surface area contributed by atoms with Crippen LogP contribution in [0, 0.1) is 5.82 Å². The highest BCUT2D eigenvalue weighted by atomic mass is 32.2. The first-order valence-electron chi connectivity index (χ1n) is 9.60. The van der Waals surface area contributed by atoms with Crippen LogP contribution in [0.15, 0.2) is 48.8 Å². The predicted molar refractivity (Wildman–Crippen MR) is 120 cm³/mol. The molecule has 33 heavy (non-hydrogen) atoms. The van der Waals surface area contributed by atoms with Gasteiger partial charge >= 0.3 is 10.2 Å². The lowest BCUT2D eigenvalue weighted by Gasteiger charge is -2.14. The minimum atomic E-state index is -3.95. The summed E-state index contributed by atoms with van der Waals surface area (Å²) in [5.41, 5.74) is 1.09. The Hall–Kier alpha value is -3.90. The predicted octanol–water partition coefficient (Wildman–Crippen LogP) is 2.62. The standard InChI is InChI=1S/C21H19FN6O4S/c1-28(2)33(30,31)27-17-6-4-5-13(19(17)22)20(29)15-11-24-21-14(15)9-12(10-23-21)16-7-8-18(32-3)26-25-16/h4-11,27H,1-3H3,(H,23,24). The van der Waals surface area contributed by atoms with E-state index in [-0.39, 0.29) is 16.8 Å². The van der Waals surface area contributed by atoms with Gasteiger partial charge in [-0.15, -0.1) is 10.2 Å². The van der Waals surface area contributed by atoms with Crippen molar-refractivity contribution in [1.29, 1.82) is 0 Å². The number of halogens is 1. The number of benzene rings is 1. The second kappa shape index (κ2) is 8.56. The Kier molecular flexibility index (Phi) is 5.78. The molecule has 0 aliphatic heterocycles. The molecule has 0 radical (unpaired) electrons. The van der Waals surface area contributed by atoms with Crippen LogP contribution < -0.4 is 9.46 Å². The number of carbonyl (C=O) groups is 1. The van der Waals surface area contributed by atoms with Gasteiger partial charge in [0, 0.05) is 49.1 Å². The van der Waals surface area contributed by atoms with Gasteiger partial charge in [-0.25, -0.2) is 9.37 Å². The van der Waals surface area contributed by atoms with E-state index in [0.29, 0.717) is 28.2 Å². The summed E-state index contributed by atoms with van der Waals surface area (Å²) in [5.74, 6) is -1.26. The molecule has 2 N–H and O–H groups in total. The first-order chi connectivity index (χ1) is 15.7. The summed E-state index contributed by atoms with van der Waals surface area (Å²) in [6, 6.07) is 8.96. The first kappa shape index (κ1) is 22.3. The van der Waals surface area contributed by atoms with Gasteiger partial charge in [-0.05, 0) is 24.3 Å². The van der Waals surface area contributed by atoms with Crippen molar-refractivity contribution in [2.24, 2.45) is 0 Å². The van der Waals surface area contributed by atoms with Gasteiger partial charge in [0.05, 0.1) is 24.1 Å². The summed E-state index contributed by atoms with van der Waals surface area (Å²) < 4.78 is 47.3. The van der Waals surface area contributed by atoms with Gasteiger partial charge in [0.15, 0.2) is 11.6 Å². The van der Waals surface area contributed by atoms with E-state index in [0.717, 1.165) is 4.31 Å². The Morgan fingerprint density at radius 1 is 1.15 bits per heavy atom. The number of nitrogens with zero attached hydrogens (tertiary/aromatic N) is 4. The highest BCUT2D eigenvalue weighted by Crippen LogP contribution is 2.28. The summed E-state index contributed by atoms with van der Waals surface area (Å²) in [6.07, 6.45) is 3.00. The van der Waals surface area contributed by atoms with Gasteiger partial charge in [-0.1, -0.05) is 6.07 Å². The Balaban J connectivity index is 1.73. The number of anilines is 1. The number of methoxy groups -OCH3 is 1. The molecule has 4 aromatic rings. The van der Waals surface area contributed by atoms with E-state index in [1.165, 1.54) is 45.6 Å². The number of nitrogens with one attached hydrogen (secondary N) is 2.